The molecule has 0 aliphatic rings. The summed E-state index contributed by atoms with van der Waals surface area (Å²) < 4.78 is 0. The predicted octanol–water partition coefficient (Wildman–Crippen LogP) is 2.38. The van der Waals surface area contributed by atoms with Crippen LogP contribution in [0.1, 0.15) is 49.7 Å². The maximum Gasteiger partial charge on any atom is 0.254 e. The minimum Gasteiger partial charge on any atom is -0.384 e. The van der Waals surface area contributed by atoms with E-state index in [0.717, 1.165) is 18.5 Å². The van der Waals surface area contributed by atoms with Gasteiger partial charge in [-0.2, -0.15) is 5.26 Å². The molecule has 0 fully saturated rings. The fourth-order valence-electron chi connectivity index (χ4n) is 2.05. The number of hydrogen-bond donors (Lipinski definition) is 1. The number of anilines is 1. The molecule has 1 aromatic heterocycles. The largest absolute Gasteiger partial charge is 0.384 e. The Morgan fingerprint density at radius 1 is 1.50 bits per heavy atom. The van der Waals surface area contributed by atoms with Gasteiger partial charge in [-0.3, -0.25) is 4.79 Å². The molecule has 1 aromatic rings. The van der Waals surface area contributed by atoms with Crippen LogP contribution in [0.4, 0.5) is 5.82 Å². The van der Waals surface area contributed by atoms with Crippen molar-refractivity contribution in [1.82, 2.24) is 9.88 Å². The van der Waals surface area contributed by atoms with Crippen LogP contribution in [-0.4, -0.2) is 28.4 Å². The molecule has 0 aromatic carbocycles. The smallest absolute Gasteiger partial charge is 0.254 e. The van der Waals surface area contributed by atoms with E-state index in [1.54, 1.807) is 17.0 Å². The minimum atomic E-state index is -0.0956. The van der Waals surface area contributed by atoms with Gasteiger partial charge in [0, 0.05) is 23.8 Å². The van der Waals surface area contributed by atoms with Gasteiger partial charge in [-0.05, 0) is 32.4 Å². The Bertz CT molecular complexity index is 505. The highest BCUT2D eigenvalue weighted by Crippen LogP contribution is 2.14. The molecule has 0 radical (unpaired) electrons. The van der Waals surface area contributed by atoms with Crippen LogP contribution in [0.5, 0.6) is 0 Å². The van der Waals surface area contributed by atoms with Crippen molar-refractivity contribution in [3.8, 4) is 6.07 Å². The first-order valence-corrected chi connectivity index (χ1v) is 6.94. The van der Waals surface area contributed by atoms with E-state index in [9.17, 15) is 4.79 Å². The van der Waals surface area contributed by atoms with Crippen molar-refractivity contribution in [2.45, 2.75) is 46.1 Å². The molecule has 0 aliphatic heterocycles. The maximum absolute atomic E-state index is 12.5. The molecule has 0 spiro atoms. The van der Waals surface area contributed by atoms with Crippen LogP contribution in [0.2, 0.25) is 0 Å². The molecule has 0 aliphatic carbocycles. The number of hydrogen-bond acceptors (Lipinski definition) is 4. The van der Waals surface area contributed by atoms with Gasteiger partial charge in [0.15, 0.2) is 0 Å². The molecule has 0 bridgehead atoms. The maximum atomic E-state index is 12.5. The van der Waals surface area contributed by atoms with Gasteiger partial charge in [-0.15, -0.1) is 0 Å². The number of nitrogens with zero attached hydrogens (tertiary/aromatic N) is 3. The first-order chi connectivity index (χ1) is 9.49. The van der Waals surface area contributed by atoms with Crippen molar-refractivity contribution in [1.29, 1.82) is 5.26 Å². The summed E-state index contributed by atoms with van der Waals surface area (Å²) in [5.41, 5.74) is 7.15. The molecule has 0 unspecified atom stereocenters. The number of nitrogen functional groups attached to an aromatic ring is 1. The van der Waals surface area contributed by atoms with E-state index in [-0.39, 0.29) is 11.9 Å². The van der Waals surface area contributed by atoms with Crippen molar-refractivity contribution >= 4 is 11.7 Å². The first-order valence-electron chi connectivity index (χ1n) is 6.94. The van der Waals surface area contributed by atoms with E-state index >= 15 is 0 Å². The molecule has 1 heterocycles. The van der Waals surface area contributed by atoms with E-state index in [1.165, 1.54) is 0 Å². The molecule has 1 amide bonds. The average Bonchev–Trinajstić information content (AvgIpc) is 2.38. The van der Waals surface area contributed by atoms with Crippen molar-refractivity contribution < 1.29 is 4.79 Å². The summed E-state index contributed by atoms with van der Waals surface area (Å²) in [5.74, 6) is 0.269. The topological polar surface area (TPSA) is 83.0 Å². The number of carbonyl (C=O) groups excluding carboxylic acids is 1. The second kappa shape index (κ2) is 7.49. The van der Waals surface area contributed by atoms with Gasteiger partial charge >= 0.3 is 0 Å². The van der Waals surface area contributed by atoms with Gasteiger partial charge < -0.3 is 10.6 Å². The molecule has 1 rings (SSSR count). The SMILES string of the molecule is CCCc1cc(C(=O)N(CCC#N)C(C)C)cc(N)n1. The predicted molar refractivity (Wildman–Crippen MR) is 79.0 cm³/mol. The lowest BCUT2D eigenvalue weighted by Gasteiger charge is -2.26. The van der Waals surface area contributed by atoms with E-state index in [1.807, 2.05) is 13.8 Å². The Morgan fingerprint density at radius 3 is 2.75 bits per heavy atom. The lowest BCUT2D eigenvalue weighted by Crippen LogP contribution is -2.37. The quantitative estimate of drug-likeness (QED) is 0.863. The summed E-state index contributed by atoms with van der Waals surface area (Å²) in [6.45, 7) is 6.36. The number of amides is 1. The number of nitriles is 1. The third-order valence-electron chi connectivity index (χ3n) is 3.00. The number of aryl methyl sites for hydroxylation is 1. The van der Waals surface area contributed by atoms with Crippen LogP contribution in [0.3, 0.4) is 0 Å². The van der Waals surface area contributed by atoms with Crippen LogP contribution >= 0.6 is 0 Å². The molecule has 0 atom stereocenters. The van der Waals surface area contributed by atoms with Crippen molar-refractivity contribution in [2.75, 3.05) is 12.3 Å². The Balaban J connectivity index is 3.02. The van der Waals surface area contributed by atoms with Crippen LogP contribution in [0.15, 0.2) is 12.1 Å². The first kappa shape index (κ1) is 16.0. The zero-order chi connectivity index (χ0) is 15.1. The van der Waals surface area contributed by atoms with E-state index < -0.39 is 0 Å². The normalized spacial score (nSPS) is 10.3. The molecule has 20 heavy (non-hydrogen) atoms. The van der Waals surface area contributed by atoms with Crippen molar-refractivity contribution in [3.05, 3.63) is 23.4 Å². The Hall–Kier alpha value is -2.09. The van der Waals surface area contributed by atoms with Gasteiger partial charge in [0.25, 0.3) is 5.91 Å². The molecular formula is C15H22N4O. The Kier molecular flexibility index (Phi) is 5.98. The Labute approximate surface area is 120 Å². The number of pyridine rings is 1. The Morgan fingerprint density at radius 2 is 2.20 bits per heavy atom. The highest BCUT2D eigenvalue weighted by Gasteiger charge is 2.19. The average molecular weight is 274 g/mol. The zero-order valence-corrected chi connectivity index (χ0v) is 12.4. The fraction of sp³-hybridized carbons (Fsp3) is 0.533. The lowest BCUT2D eigenvalue weighted by molar-refractivity contribution is 0.0710. The van der Waals surface area contributed by atoms with E-state index in [4.69, 9.17) is 11.0 Å². The second-order valence-corrected chi connectivity index (χ2v) is 5.02. The molecule has 5 nitrogen and oxygen atoms in total. The standard InChI is InChI=1S/C15H22N4O/c1-4-6-13-9-12(10-14(17)18-13)15(20)19(11(2)3)8-5-7-16/h9-11H,4-6,8H2,1-3H3,(H2,17,18). The lowest BCUT2D eigenvalue weighted by atomic mass is 10.1. The van der Waals surface area contributed by atoms with Crippen molar-refractivity contribution in [3.63, 3.8) is 0 Å². The molecule has 108 valence electrons. The van der Waals surface area contributed by atoms with Crippen LogP contribution < -0.4 is 5.73 Å². The minimum absolute atomic E-state index is 0.0415. The summed E-state index contributed by atoms with van der Waals surface area (Å²) in [6, 6.07) is 5.51. The number of rotatable bonds is 6. The number of carbonyl (C=O) groups is 1. The molecule has 0 saturated heterocycles. The molecule has 2 N–H and O–H groups in total. The molecular weight excluding hydrogens is 252 g/mol. The summed E-state index contributed by atoms with van der Waals surface area (Å²) >= 11 is 0. The van der Waals surface area contributed by atoms with Crippen LogP contribution in [0.25, 0.3) is 0 Å². The van der Waals surface area contributed by atoms with Crippen LogP contribution in [-0.2, 0) is 6.42 Å². The van der Waals surface area contributed by atoms with Gasteiger partial charge in [0.1, 0.15) is 5.82 Å². The highest BCUT2D eigenvalue weighted by molar-refractivity contribution is 5.95. The number of aromatic nitrogens is 1. The molecule has 5 heteroatoms. The monoisotopic (exact) mass is 274 g/mol. The molecule has 0 saturated carbocycles. The van der Waals surface area contributed by atoms with Gasteiger partial charge in [-0.1, -0.05) is 13.3 Å². The van der Waals surface area contributed by atoms with Gasteiger partial charge in [-0.25, -0.2) is 4.98 Å². The number of nitrogens with two attached hydrogens (primary N) is 1. The summed E-state index contributed by atoms with van der Waals surface area (Å²) in [6.07, 6.45) is 2.07. The summed E-state index contributed by atoms with van der Waals surface area (Å²) in [7, 11) is 0. The summed E-state index contributed by atoms with van der Waals surface area (Å²) in [4.78, 5) is 18.4. The van der Waals surface area contributed by atoms with E-state index in [0.29, 0.717) is 24.3 Å². The van der Waals surface area contributed by atoms with Crippen molar-refractivity contribution in [2.24, 2.45) is 0 Å². The summed E-state index contributed by atoms with van der Waals surface area (Å²) in [5, 5.41) is 8.69. The van der Waals surface area contributed by atoms with Gasteiger partial charge in [0.2, 0.25) is 0 Å². The second-order valence-electron chi connectivity index (χ2n) is 5.02. The van der Waals surface area contributed by atoms with E-state index in [2.05, 4.69) is 18.0 Å². The zero-order valence-electron chi connectivity index (χ0n) is 12.4. The fourth-order valence-corrected chi connectivity index (χ4v) is 2.05. The van der Waals surface area contributed by atoms with Crippen LogP contribution in [0, 0.1) is 11.3 Å². The highest BCUT2D eigenvalue weighted by atomic mass is 16.2. The third-order valence-corrected chi connectivity index (χ3v) is 3.00. The third kappa shape index (κ3) is 4.23. The van der Waals surface area contributed by atoms with Gasteiger partial charge in [0.05, 0.1) is 12.5 Å².